The number of fused-ring (bicyclic) bond motifs is 2. The summed E-state index contributed by atoms with van der Waals surface area (Å²) in [6.45, 7) is 0.202. The molecule has 24 heavy (non-hydrogen) atoms. The van der Waals surface area contributed by atoms with Crippen LogP contribution in [0.4, 0.5) is 0 Å². The first-order chi connectivity index (χ1) is 11.5. The SMILES string of the molecule is NC(CN1C(=O)c2ccccc2C1=O)C1=Cc2cc(Br)ccc2C1. The zero-order chi connectivity index (χ0) is 16.8. The molecule has 2 aliphatic rings. The molecule has 0 radical (unpaired) electrons. The average molecular weight is 383 g/mol. The van der Waals surface area contributed by atoms with Crippen molar-refractivity contribution in [2.45, 2.75) is 12.5 Å². The molecule has 1 atom stereocenters. The van der Waals surface area contributed by atoms with Crippen molar-refractivity contribution in [2.24, 2.45) is 5.73 Å². The first-order valence-electron chi connectivity index (χ1n) is 7.74. The zero-order valence-corrected chi connectivity index (χ0v) is 14.4. The highest BCUT2D eigenvalue weighted by Gasteiger charge is 2.36. The molecule has 2 aromatic carbocycles. The molecule has 1 aliphatic heterocycles. The Hall–Kier alpha value is -2.24. The van der Waals surface area contributed by atoms with Crippen LogP contribution < -0.4 is 5.73 Å². The third kappa shape index (κ3) is 2.41. The van der Waals surface area contributed by atoms with Crippen LogP contribution >= 0.6 is 15.9 Å². The Morgan fingerprint density at radius 3 is 2.42 bits per heavy atom. The van der Waals surface area contributed by atoms with Crippen molar-refractivity contribution >= 4 is 33.8 Å². The number of carbonyl (C=O) groups is 2. The van der Waals surface area contributed by atoms with E-state index in [-0.39, 0.29) is 24.4 Å². The number of carbonyl (C=O) groups excluding carboxylic acids is 2. The van der Waals surface area contributed by atoms with Gasteiger partial charge in [-0.15, -0.1) is 0 Å². The molecule has 0 bridgehead atoms. The molecule has 1 heterocycles. The fourth-order valence-corrected chi connectivity index (χ4v) is 3.67. The summed E-state index contributed by atoms with van der Waals surface area (Å²) in [6, 6.07) is 12.7. The Labute approximate surface area is 148 Å². The molecule has 1 unspecified atom stereocenters. The number of imide groups is 1. The summed E-state index contributed by atoms with van der Waals surface area (Å²) in [5.74, 6) is -0.519. The van der Waals surface area contributed by atoms with Crippen LogP contribution in [0.15, 0.2) is 52.5 Å². The monoisotopic (exact) mass is 382 g/mol. The van der Waals surface area contributed by atoms with Gasteiger partial charge < -0.3 is 5.73 Å². The largest absolute Gasteiger partial charge is 0.323 e. The quantitative estimate of drug-likeness (QED) is 0.829. The number of benzene rings is 2. The Morgan fingerprint density at radius 2 is 1.75 bits per heavy atom. The molecule has 0 saturated heterocycles. The van der Waals surface area contributed by atoms with Gasteiger partial charge in [-0.1, -0.05) is 40.2 Å². The smallest absolute Gasteiger partial charge is 0.261 e. The van der Waals surface area contributed by atoms with Crippen molar-refractivity contribution in [3.05, 3.63) is 74.8 Å². The lowest BCUT2D eigenvalue weighted by molar-refractivity contribution is 0.0649. The average Bonchev–Trinajstić information content (AvgIpc) is 3.10. The van der Waals surface area contributed by atoms with Gasteiger partial charge in [0.1, 0.15) is 0 Å². The number of hydrogen-bond acceptors (Lipinski definition) is 3. The summed E-state index contributed by atoms with van der Waals surface area (Å²) < 4.78 is 1.02. The third-order valence-electron chi connectivity index (χ3n) is 4.58. The van der Waals surface area contributed by atoms with Crippen LogP contribution in [0.2, 0.25) is 0 Å². The van der Waals surface area contributed by atoms with Crippen LogP contribution in [0, 0.1) is 0 Å². The minimum Gasteiger partial charge on any atom is -0.323 e. The van der Waals surface area contributed by atoms with Crippen LogP contribution in [0.5, 0.6) is 0 Å². The van der Waals surface area contributed by atoms with Crippen molar-refractivity contribution in [3.63, 3.8) is 0 Å². The van der Waals surface area contributed by atoms with E-state index in [2.05, 4.69) is 34.1 Å². The number of amides is 2. The first-order valence-corrected chi connectivity index (χ1v) is 8.53. The molecular formula is C19H15BrN2O2. The minimum atomic E-state index is -0.363. The maximum Gasteiger partial charge on any atom is 0.261 e. The van der Waals surface area contributed by atoms with Gasteiger partial charge in [-0.05, 0) is 47.4 Å². The van der Waals surface area contributed by atoms with Crippen LogP contribution in [-0.4, -0.2) is 29.3 Å². The summed E-state index contributed by atoms with van der Waals surface area (Å²) in [7, 11) is 0. The van der Waals surface area contributed by atoms with Gasteiger partial charge in [0.05, 0.1) is 11.1 Å². The van der Waals surface area contributed by atoms with E-state index in [0.29, 0.717) is 11.1 Å². The van der Waals surface area contributed by atoms with E-state index in [4.69, 9.17) is 5.73 Å². The highest BCUT2D eigenvalue weighted by molar-refractivity contribution is 9.10. The van der Waals surface area contributed by atoms with Gasteiger partial charge in [-0.25, -0.2) is 0 Å². The molecule has 2 aromatic rings. The predicted molar refractivity (Wildman–Crippen MR) is 95.6 cm³/mol. The maximum absolute atomic E-state index is 12.4. The molecule has 1 aliphatic carbocycles. The second-order valence-corrected chi connectivity index (χ2v) is 7.03. The standard InChI is InChI=1S/C19H15BrN2O2/c20-14-6-5-11-7-13(8-12(11)9-14)17(21)10-22-18(23)15-3-1-2-4-16(15)19(22)24/h1-6,8-9,17H,7,10,21H2. The lowest BCUT2D eigenvalue weighted by Gasteiger charge is -2.20. The number of hydrogen-bond donors (Lipinski definition) is 1. The fourth-order valence-electron chi connectivity index (χ4n) is 3.29. The maximum atomic E-state index is 12.4. The normalized spacial score (nSPS) is 16.9. The summed E-state index contributed by atoms with van der Waals surface area (Å²) in [5, 5.41) is 0. The molecule has 2 amide bonds. The topological polar surface area (TPSA) is 63.4 Å². The summed E-state index contributed by atoms with van der Waals surface area (Å²) in [5.41, 5.74) is 10.6. The summed E-state index contributed by atoms with van der Waals surface area (Å²) in [4.78, 5) is 26.1. The van der Waals surface area contributed by atoms with Crippen LogP contribution in [0.1, 0.15) is 31.8 Å². The Balaban J connectivity index is 1.54. The summed E-state index contributed by atoms with van der Waals surface area (Å²) >= 11 is 3.47. The van der Waals surface area contributed by atoms with E-state index in [9.17, 15) is 9.59 Å². The lowest BCUT2D eigenvalue weighted by atomic mass is 10.0. The van der Waals surface area contributed by atoms with Crippen molar-refractivity contribution < 1.29 is 9.59 Å². The molecule has 0 aromatic heterocycles. The van der Waals surface area contributed by atoms with Crippen molar-refractivity contribution in [1.82, 2.24) is 4.90 Å². The van der Waals surface area contributed by atoms with Crippen LogP contribution in [-0.2, 0) is 6.42 Å². The van der Waals surface area contributed by atoms with E-state index in [1.165, 1.54) is 10.5 Å². The van der Waals surface area contributed by atoms with Gasteiger partial charge in [0.25, 0.3) is 11.8 Å². The van der Waals surface area contributed by atoms with E-state index < -0.39 is 0 Å². The van der Waals surface area contributed by atoms with Gasteiger partial charge in [0.2, 0.25) is 0 Å². The molecule has 0 fully saturated rings. The van der Waals surface area contributed by atoms with Crippen molar-refractivity contribution in [3.8, 4) is 0 Å². The number of rotatable bonds is 3. The third-order valence-corrected chi connectivity index (χ3v) is 5.07. The lowest BCUT2D eigenvalue weighted by Crippen LogP contribution is -2.41. The summed E-state index contributed by atoms with van der Waals surface area (Å²) in [6.07, 6.45) is 2.82. The second kappa shape index (κ2) is 5.69. The van der Waals surface area contributed by atoms with Crippen LogP contribution in [0.25, 0.3) is 6.08 Å². The fraction of sp³-hybridized carbons (Fsp3) is 0.158. The number of halogens is 1. The highest BCUT2D eigenvalue weighted by atomic mass is 79.9. The zero-order valence-electron chi connectivity index (χ0n) is 12.8. The van der Waals surface area contributed by atoms with Crippen molar-refractivity contribution in [2.75, 3.05) is 6.54 Å². The van der Waals surface area contributed by atoms with Crippen molar-refractivity contribution in [1.29, 1.82) is 0 Å². The van der Waals surface area contributed by atoms with E-state index >= 15 is 0 Å². The van der Waals surface area contributed by atoms with Gasteiger partial charge in [-0.3, -0.25) is 14.5 Å². The molecule has 2 N–H and O–H groups in total. The van der Waals surface area contributed by atoms with E-state index in [1.54, 1.807) is 24.3 Å². The van der Waals surface area contributed by atoms with Gasteiger partial charge in [-0.2, -0.15) is 0 Å². The van der Waals surface area contributed by atoms with Gasteiger partial charge in [0, 0.05) is 17.1 Å². The van der Waals surface area contributed by atoms with E-state index in [0.717, 1.165) is 22.0 Å². The molecule has 4 nitrogen and oxygen atoms in total. The molecule has 5 heteroatoms. The molecule has 0 spiro atoms. The minimum absolute atomic E-state index is 0.202. The van der Waals surface area contributed by atoms with Gasteiger partial charge >= 0.3 is 0 Å². The Morgan fingerprint density at radius 1 is 1.08 bits per heavy atom. The predicted octanol–water partition coefficient (Wildman–Crippen LogP) is 3.01. The second-order valence-electron chi connectivity index (χ2n) is 6.11. The van der Waals surface area contributed by atoms with Crippen LogP contribution in [0.3, 0.4) is 0 Å². The molecular weight excluding hydrogens is 368 g/mol. The van der Waals surface area contributed by atoms with Gasteiger partial charge in [0.15, 0.2) is 0 Å². The first kappa shape index (κ1) is 15.3. The highest BCUT2D eigenvalue weighted by Crippen LogP contribution is 2.30. The Kier molecular flexibility index (Phi) is 3.62. The Bertz CT molecular complexity index is 869. The number of nitrogens with zero attached hydrogens (tertiary/aromatic N) is 1. The molecule has 4 rings (SSSR count). The number of nitrogens with two attached hydrogens (primary N) is 1. The molecule has 120 valence electrons. The van der Waals surface area contributed by atoms with E-state index in [1.807, 2.05) is 6.07 Å². The molecule has 0 saturated carbocycles.